The highest BCUT2D eigenvalue weighted by Gasteiger charge is 2.02. The fourth-order valence-electron chi connectivity index (χ4n) is 2.09. The Morgan fingerprint density at radius 3 is 1.72 bits per heavy atom. The molecule has 7 heteroatoms. The summed E-state index contributed by atoms with van der Waals surface area (Å²) < 4.78 is 22.0. The first kappa shape index (κ1) is 22.6. The molecular formula is C18H31NO4S2. The first-order valence-corrected chi connectivity index (χ1v) is 9.98. The monoisotopic (exact) mass is 389 g/mol. The summed E-state index contributed by atoms with van der Waals surface area (Å²) in [5.41, 5.74) is 0. The van der Waals surface area contributed by atoms with Gasteiger partial charge in [0.15, 0.2) is 0 Å². The third-order valence-electron chi connectivity index (χ3n) is 3.37. The lowest BCUT2D eigenvalue weighted by Gasteiger charge is -2.20. The summed E-state index contributed by atoms with van der Waals surface area (Å²) in [4.78, 5) is 2.30. The van der Waals surface area contributed by atoms with Crippen LogP contribution in [0.25, 0.3) is 0 Å². The summed E-state index contributed by atoms with van der Waals surface area (Å²) in [6, 6.07) is 9.72. The quantitative estimate of drug-likeness (QED) is 0.316. The van der Waals surface area contributed by atoms with Crippen LogP contribution in [0.15, 0.2) is 30.3 Å². The van der Waals surface area contributed by atoms with E-state index in [9.17, 15) is 0 Å². The van der Waals surface area contributed by atoms with Gasteiger partial charge in [-0.3, -0.25) is 4.90 Å². The zero-order chi connectivity index (χ0) is 18.0. The molecule has 0 aliphatic heterocycles. The minimum atomic E-state index is 0.544. The van der Waals surface area contributed by atoms with Crippen molar-refractivity contribution in [1.82, 2.24) is 4.90 Å². The summed E-state index contributed by atoms with van der Waals surface area (Å²) in [7, 11) is 0. The highest BCUT2D eigenvalue weighted by atomic mass is 32.1. The lowest BCUT2D eigenvalue weighted by Crippen LogP contribution is -2.31. The highest BCUT2D eigenvalue weighted by Crippen LogP contribution is 2.07. The molecule has 0 amide bonds. The first-order valence-electron chi connectivity index (χ1n) is 8.72. The normalized spacial score (nSPS) is 11.2. The van der Waals surface area contributed by atoms with Gasteiger partial charge in [-0.1, -0.05) is 18.2 Å². The lowest BCUT2D eigenvalue weighted by molar-refractivity contribution is 0.00646. The van der Waals surface area contributed by atoms with E-state index in [0.29, 0.717) is 46.2 Å². The fourth-order valence-corrected chi connectivity index (χ4v) is 2.65. The Balaban J connectivity index is 1.81. The number of hydrogen-bond acceptors (Lipinski definition) is 7. The minimum Gasteiger partial charge on any atom is -0.491 e. The second-order valence-corrected chi connectivity index (χ2v) is 6.18. The van der Waals surface area contributed by atoms with Crippen LogP contribution >= 0.6 is 25.3 Å². The molecule has 0 spiro atoms. The molecule has 25 heavy (non-hydrogen) atoms. The standard InChI is InChI=1S/C18H31NO4S2/c24-16-7-19(8-17-25)6-9-20-10-11-21-12-13-22-14-15-23-18-4-2-1-3-5-18/h1-5,24-25H,6-17H2. The second kappa shape index (κ2) is 17.0. The van der Waals surface area contributed by atoms with Crippen molar-refractivity contribution in [2.45, 2.75) is 0 Å². The van der Waals surface area contributed by atoms with Gasteiger partial charge in [0.05, 0.1) is 39.6 Å². The van der Waals surface area contributed by atoms with Gasteiger partial charge in [-0.05, 0) is 12.1 Å². The van der Waals surface area contributed by atoms with Crippen LogP contribution < -0.4 is 4.74 Å². The van der Waals surface area contributed by atoms with Crippen LogP contribution in [0.4, 0.5) is 0 Å². The van der Waals surface area contributed by atoms with Crippen molar-refractivity contribution >= 4 is 25.3 Å². The number of thiol groups is 2. The summed E-state index contributed by atoms with van der Waals surface area (Å²) in [6.45, 7) is 6.97. The van der Waals surface area contributed by atoms with Crippen molar-refractivity contribution in [3.05, 3.63) is 30.3 Å². The van der Waals surface area contributed by atoms with Crippen molar-refractivity contribution < 1.29 is 18.9 Å². The molecule has 1 rings (SSSR count). The van der Waals surface area contributed by atoms with E-state index in [2.05, 4.69) is 30.2 Å². The molecule has 0 aromatic heterocycles. The van der Waals surface area contributed by atoms with Gasteiger partial charge in [-0.25, -0.2) is 0 Å². The molecule has 0 atom stereocenters. The maximum atomic E-state index is 5.57. The van der Waals surface area contributed by atoms with E-state index in [-0.39, 0.29) is 0 Å². The average Bonchev–Trinajstić information content (AvgIpc) is 2.64. The third kappa shape index (κ3) is 13.4. The number of rotatable bonds is 17. The molecule has 1 aromatic carbocycles. The number of hydrogen-bond donors (Lipinski definition) is 2. The van der Waals surface area contributed by atoms with Gasteiger partial charge in [0.2, 0.25) is 0 Å². The predicted molar refractivity (Wildman–Crippen MR) is 109 cm³/mol. The predicted octanol–water partition coefficient (Wildman–Crippen LogP) is 2.28. The molecule has 0 fully saturated rings. The van der Waals surface area contributed by atoms with Crippen LogP contribution in [-0.4, -0.2) is 82.3 Å². The third-order valence-corrected chi connectivity index (χ3v) is 3.77. The zero-order valence-electron chi connectivity index (χ0n) is 14.8. The van der Waals surface area contributed by atoms with E-state index in [1.165, 1.54) is 0 Å². The molecule has 0 bridgehead atoms. The van der Waals surface area contributed by atoms with E-state index in [1.807, 2.05) is 30.3 Å². The molecule has 0 aliphatic rings. The van der Waals surface area contributed by atoms with Gasteiger partial charge in [0.25, 0.3) is 0 Å². The molecule has 0 aliphatic carbocycles. The summed E-state index contributed by atoms with van der Waals surface area (Å²) >= 11 is 8.51. The lowest BCUT2D eigenvalue weighted by atomic mass is 10.3. The summed E-state index contributed by atoms with van der Waals surface area (Å²) in [6.07, 6.45) is 0. The molecule has 0 saturated carbocycles. The summed E-state index contributed by atoms with van der Waals surface area (Å²) in [5.74, 6) is 2.57. The summed E-state index contributed by atoms with van der Waals surface area (Å²) in [5, 5.41) is 0. The van der Waals surface area contributed by atoms with Crippen LogP contribution in [0.3, 0.4) is 0 Å². The Morgan fingerprint density at radius 2 is 1.16 bits per heavy atom. The highest BCUT2D eigenvalue weighted by molar-refractivity contribution is 7.80. The number of benzene rings is 1. The van der Waals surface area contributed by atoms with Crippen LogP contribution in [0.5, 0.6) is 5.75 Å². The van der Waals surface area contributed by atoms with Crippen molar-refractivity contribution in [2.75, 3.05) is 77.4 Å². The van der Waals surface area contributed by atoms with E-state index in [1.54, 1.807) is 0 Å². The van der Waals surface area contributed by atoms with Gasteiger partial charge in [0, 0.05) is 31.1 Å². The van der Waals surface area contributed by atoms with Crippen molar-refractivity contribution in [2.24, 2.45) is 0 Å². The molecule has 0 radical (unpaired) electrons. The Hall–Kier alpha value is -0.440. The number of para-hydroxylation sites is 1. The molecule has 144 valence electrons. The zero-order valence-corrected chi connectivity index (χ0v) is 16.6. The molecule has 0 N–H and O–H groups in total. The van der Waals surface area contributed by atoms with Gasteiger partial charge in [0.1, 0.15) is 12.4 Å². The van der Waals surface area contributed by atoms with E-state index < -0.39 is 0 Å². The molecule has 5 nitrogen and oxygen atoms in total. The largest absolute Gasteiger partial charge is 0.491 e. The SMILES string of the molecule is SCCN(CCS)CCOCCOCCOCCOc1ccccc1. The average molecular weight is 390 g/mol. The smallest absolute Gasteiger partial charge is 0.119 e. The second-order valence-electron chi connectivity index (χ2n) is 5.29. The molecule has 1 aromatic rings. The Kier molecular flexibility index (Phi) is 15.4. The number of ether oxygens (including phenoxy) is 4. The topological polar surface area (TPSA) is 40.2 Å². The molecule has 0 heterocycles. The van der Waals surface area contributed by atoms with E-state index in [4.69, 9.17) is 18.9 Å². The number of nitrogens with zero attached hydrogens (tertiary/aromatic N) is 1. The van der Waals surface area contributed by atoms with E-state index >= 15 is 0 Å². The maximum Gasteiger partial charge on any atom is 0.119 e. The van der Waals surface area contributed by atoms with Gasteiger partial charge in [-0.2, -0.15) is 25.3 Å². The van der Waals surface area contributed by atoms with Crippen LogP contribution in [0.1, 0.15) is 0 Å². The Labute approximate surface area is 162 Å². The van der Waals surface area contributed by atoms with Crippen LogP contribution in [0.2, 0.25) is 0 Å². The van der Waals surface area contributed by atoms with E-state index in [0.717, 1.165) is 36.9 Å². The van der Waals surface area contributed by atoms with Crippen molar-refractivity contribution in [3.63, 3.8) is 0 Å². The van der Waals surface area contributed by atoms with Gasteiger partial charge in [-0.15, -0.1) is 0 Å². The van der Waals surface area contributed by atoms with Crippen LogP contribution in [-0.2, 0) is 14.2 Å². The molecule has 0 unspecified atom stereocenters. The minimum absolute atomic E-state index is 0.544. The van der Waals surface area contributed by atoms with Crippen molar-refractivity contribution in [3.8, 4) is 5.75 Å². The maximum absolute atomic E-state index is 5.57. The molecule has 0 saturated heterocycles. The van der Waals surface area contributed by atoms with Crippen LogP contribution in [0, 0.1) is 0 Å². The van der Waals surface area contributed by atoms with Gasteiger partial charge >= 0.3 is 0 Å². The Bertz CT molecular complexity index is 392. The van der Waals surface area contributed by atoms with Crippen molar-refractivity contribution in [1.29, 1.82) is 0 Å². The van der Waals surface area contributed by atoms with Gasteiger partial charge < -0.3 is 18.9 Å². The fraction of sp³-hybridized carbons (Fsp3) is 0.667. The Morgan fingerprint density at radius 1 is 0.640 bits per heavy atom. The molecular weight excluding hydrogens is 358 g/mol. The first-order chi connectivity index (χ1) is 12.4.